The molecule has 2 aromatic rings. The van der Waals surface area contributed by atoms with Gasteiger partial charge in [0.05, 0.1) is 6.20 Å². The SMILES string of the molecule is CCNc1nc(C)cc(N(C)Cc2cnn(C)c2)n1. The van der Waals surface area contributed by atoms with Gasteiger partial charge in [-0.15, -0.1) is 0 Å². The second kappa shape index (κ2) is 5.69. The summed E-state index contributed by atoms with van der Waals surface area (Å²) in [5, 5.41) is 7.32. The number of rotatable bonds is 5. The number of nitrogens with one attached hydrogen (secondary N) is 1. The van der Waals surface area contributed by atoms with Crippen LogP contribution in [0.3, 0.4) is 0 Å². The molecule has 1 N–H and O–H groups in total. The Morgan fingerprint density at radius 2 is 2.16 bits per heavy atom. The van der Waals surface area contributed by atoms with E-state index in [4.69, 9.17) is 0 Å². The van der Waals surface area contributed by atoms with Gasteiger partial charge in [-0.1, -0.05) is 0 Å². The van der Waals surface area contributed by atoms with Crippen LogP contribution in [0.4, 0.5) is 11.8 Å². The van der Waals surface area contributed by atoms with Crippen LogP contribution >= 0.6 is 0 Å². The van der Waals surface area contributed by atoms with E-state index in [0.29, 0.717) is 5.95 Å². The van der Waals surface area contributed by atoms with E-state index in [1.165, 1.54) is 0 Å². The maximum absolute atomic E-state index is 4.50. The van der Waals surface area contributed by atoms with Gasteiger partial charge in [0.2, 0.25) is 5.95 Å². The van der Waals surface area contributed by atoms with Crippen LogP contribution in [-0.4, -0.2) is 33.3 Å². The molecule has 0 aliphatic carbocycles. The first-order chi connectivity index (χ1) is 9.08. The van der Waals surface area contributed by atoms with Gasteiger partial charge in [0.1, 0.15) is 5.82 Å². The molecule has 0 aliphatic heterocycles. The van der Waals surface area contributed by atoms with Gasteiger partial charge in [0.15, 0.2) is 0 Å². The van der Waals surface area contributed by atoms with Crippen LogP contribution in [0.15, 0.2) is 18.5 Å². The molecule has 2 aromatic heterocycles. The molecule has 0 unspecified atom stereocenters. The van der Waals surface area contributed by atoms with Crippen molar-refractivity contribution in [3.8, 4) is 0 Å². The molecular formula is C13H20N6. The van der Waals surface area contributed by atoms with Crippen LogP contribution in [0, 0.1) is 6.92 Å². The Morgan fingerprint density at radius 3 is 2.79 bits per heavy atom. The predicted octanol–water partition coefficient (Wildman–Crippen LogP) is 1.59. The Morgan fingerprint density at radius 1 is 1.37 bits per heavy atom. The van der Waals surface area contributed by atoms with Crippen LogP contribution in [0.1, 0.15) is 18.2 Å². The highest BCUT2D eigenvalue weighted by Crippen LogP contribution is 2.15. The molecule has 0 radical (unpaired) electrons. The van der Waals surface area contributed by atoms with Crippen LogP contribution in [0.25, 0.3) is 0 Å². The molecule has 6 nitrogen and oxygen atoms in total. The van der Waals surface area contributed by atoms with Crippen molar-refractivity contribution in [3.63, 3.8) is 0 Å². The zero-order valence-corrected chi connectivity index (χ0v) is 11.9. The van der Waals surface area contributed by atoms with Crippen LogP contribution in [0.5, 0.6) is 0 Å². The summed E-state index contributed by atoms with van der Waals surface area (Å²) in [5.41, 5.74) is 2.12. The zero-order valence-electron chi connectivity index (χ0n) is 11.9. The van der Waals surface area contributed by atoms with Crippen molar-refractivity contribution in [3.05, 3.63) is 29.7 Å². The number of hydrogen-bond donors (Lipinski definition) is 1. The monoisotopic (exact) mass is 260 g/mol. The Bertz CT molecular complexity index is 548. The van der Waals surface area contributed by atoms with E-state index >= 15 is 0 Å². The first-order valence-electron chi connectivity index (χ1n) is 6.36. The van der Waals surface area contributed by atoms with E-state index in [1.54, 1.807) is 4.68 Å². The molecule has 0 spiro atoms. The van der Waals surface area contributed by atoms with Gasteiger partial charge < -0.3 is 10.2 Å². The van der Waals surface area contributed by atoms with Gasteiger partial charge in [-0.25, -0.2) is 4.98 Å². The fourth-order valence-electron chi connectivity index (χ4n) is 1.89. The molecule has 6 heteroatoms. The summed E-state index contributed by atoms with van der Waals surface area (Å²) in [4.78, 5) is 10.9. The lowest BCUT2D eigenvalue weighted by Crippen LogP contribution is -2.18. The van der Waals surface area contributed by atoms with E-state index in [2.05, 4.69) is 25.3 Å². The largest absolute Gasteiger partial charge is 0.355 e. The second-order valence-corrected chi connectivity index (χ2v) is 4.60. The van der Waals surface area contributed by atoms with E-state index in [9.17, 15) is 0 Å². The maximum atomic E-state index is 4.50. The summed E-state index contributed by atoms with van der Waals surface area (Å²) >= 11 is 0. The number of aromatic nitrogens is 4. The smallest absolute Gasteiger partial charge is 0.224 e. The predicted molar refractivity (Wildman–Crippen MR) is 76.2 cm³/mol. The highest BCUT2D eigenvalue weighted by Gasteiger charge is 2.08. The summed E-state index contributed by atoms with van der Waals surface area (Å²) in [7, 11) is 3.94. The Hall–Kier alpha value is -2.11. The molecule has 0 fully saturated rings. The molecule has 2 rings (SSSR count). The summed E-state index contributed by atoms with van der Waals surface area (Å²) in [5.74, 6) is 1.59. The van der Waals surface area contributed by atoms with Crippen molar-refractivity contribution in [1.82, 2.24) is 19.7 Å². The van der Waals surface area contributed by atoms with E-state index < -0.39 is 0 Å². The van der Waals surface area contributed by atoms with Gasteiger partial charge in [0, 0.05) is 50.7 Å². The van der Waals surface area contributed by atoms with Crippen LogP contribution < -0.4 is 10.2 Å². The van der Waals surface area contributed by atoms with Crippen molar-refractivity contribution in [1.29, 1.82) is 0 Å². The second-order valence-electron chi connectivity index (χ2n) is 4.60. The third-order valence-electron chi connectivity index (χ3n) is 2.74. The third-order valence-corrected chi connectivity index (χ3v) is 2.74. The minimum absolute atomic E-state index is 0.676. The molecule has 0 atom stereocenters. The van der Waals surface area contributed by atoms with Crippen molar-refractivity contribution in [2.24, 2.45) is 7.05 Å². The zero-order chi connectivity index (χ0) is 13.8. The molecule has 0 aromatic carbocycles. The third kappa shape index (κ3) is 3.43. The van der Waals surface area contributed by atoms with Crippen molar-refractivity contribution < 1.29 is 0 Å². The normalized spacial score (nSPS) is 10.5. The van der Waals surface area contributed by atoms with Gasteiger partial charge >= 0.3 is 0 Å². The molecule has 0 saturated heterocycles. The Kier molecular flexibility index (Phi) is 3.99. The highest BCUT2D eigenvalue weighted by molar-refractivity contribution is 5.44. The fourth-order valence-corrected chi connectivity index (χ4v) is 1.89. The van der Waals surface area contributed by atoms with E-state index in [0.717, 1.165) is 30.2 Å². The average Bonchev–Trinajstić information content (AvgIpc) is 2.74. The first kappa shape index (κ1) is 13.3. The quantitative estimate of drug-likeness (QED) is 0.884. The van der Waals surface area contributed by atoms with E-state index in [-0.39, 0.29) is 0 Å². The minimum Gasteiger partial charge on any atom is -0.355 e. The highest BCUT2D eigenvalue weighted by atomic mass is 15.3. The number of aryl methyl sites for hydroxylation is 2. The standard InChI is InChI=1S/C13H20N6/c1-5-14-13-16-10(2)6-12(17-13)18(3)8-11-7-15-19(4)9-11/h6-7,9H,5,8H2,1-4H3,(H,14,16,17). The van der Waals surface area contributed by atoms with Crippen molar-refractivity contribution in [2.45, 2.75) is 20.4 Å². The lowest BCUT2D eigenvalue weighted by molar-refractivity contribution is 0.766. The lowest BCUT2D eigenvalue weighted by Gasteiger charge is -2.18. The number of nitrogens with zero attached hydrogens (tertiary/aromatic N) is 5. The lowest BCUT2D eigenvalue weighted by atomic mass is 10.3. The molecule has 0 amide bonds. The van der Waals surface area contributed by atoms with Crippen LogP contribution in [0.2, 0.25) is 0 Å². The van der Waals surface area contributed by atoms with E-state index in [1.807, 2.05) is 46.4 Å². The van der Waals surface area contributed by atoms with Gasteiger partial charge in [0.25, 0.3) is 0 Å². The Balaban J connectivity index is 2.15. The number of anilines is 2. The summed E-state index contributed by atoms with van der Waals surface area (Å²) in [6.45, 7) is 5.60. The maximum Gasteiger partial charge on any atom is 0.224 e. The summed E-state index contributed by atoms with van der Waals surface area (Å²) in [6.07, 6.45) is 3.88. The average molecular weight is 260 g/mol. The fraction of sp³-hybridized carbons (Fsp3) is 0.462. The summed E-state index contributed by atoms with van der Waals surface area (Å²) < 4.78 is 1.80. The van der Waals surface area contributed by atoms with Gasteiger partial charge in [-0.05, 0) is 13.8 Å². The Labute approximate surface area is 113 Å². The molecular weight excluding hydrogens is 240 g/mol. The van der Waals surface area contributed by atoms with Crippen molar-refractivity contribution >= 4 is 11.8 Å². The minimum atomic E-state index is 0.676. The number of hydrogen-bond acceptors (Lipinski definition) is 5. The van der Waals surface area contributed by atoms with Gasteiger partial charge in [-0.2, -0.15) is 10.1 Å². The van der Waals surface area contributed by atoms with Gasteiger partial charge in [-0.3, -0.25) is 4.68 Å². The van der Waals surface area contributed by atoms with Crippen molar-refractivity contribution in [2.75, 3.05) is 23.8 Å². The molecule has 19 heavy (non-hydrogen) atoms. The molecule has 0 saturated carbocycles. The summed E-state index contributed by atoms with van der Waals surface area (Å²) in [6, 6.07) is 1.98. The van der Waals surface area contributed by atoms with Crippen LogP contribution in [-0.2, 0) is 13.6 Å². The molecule has 2 heterocycles. The first-order valence-corrected chi connectivity index (χ1v) is 6.36. The molecule has 0 aliphatic rings. The molecule has 0 bridgehead atoms. The molecule has 102 valence electrons. The topological polar surface area (TPSA) is 58.9 Å².